The Morgan fingerprint density at radius 2 is 1.84 bits per heavy atom. The van der Waals surface area contributed by atoms with E-state index in [-0.39, 0.29) is 41.8 Å². The Balaban J connectivity index is 1.73. The molecule has 236 valence electrons. The van der Waals surface area contributed by atoms with E-state index in [4.69, 9.17) is 32.1 Å². The zero-order chi connectivity index (χ0) is 32.7. The molecule has 0 fully saturated rings. The maximum atomic E-state index is 15.9. The SMILES string of the molecule is Cn1ccnc1-c1cccc(Oc2nc(Oc3cc(C(=N)N)ccc3O)c(F)c(NC(CCCCN=C(N)N)C(=O)O)c2F)c1. The van der Waals surface area contributed by atoms with E-state index in [2.05, 4.69) is 20.3 Å². The number of pyridine rings is 1. The molecule has 0 saturated heterocycles. The molecule has 10 N–H and O–H groups in total. The molecule has 0 bridgehead atoms. The number of aryl methyl sites for hydroxylation is 1. The van der Waals surface area contributed by atoms with Gasteiger partial charge in [-0.05, 0) is 49.6 Å². The minimum atomic E-state index is -1.45. The van der Waals surface area contributed by atoms with Crippen molar-refractivity contribution in [1.82, 2.24) is 14.5 Å². The Bertz CT molecular complexity index is 1740. The monoisotopic (exact) mass is 623 g/mol. The van der Waals surface area contributed by atoms with Crippen molar-refractivity contribution in [2.45, 2.75) is 25.3 Å². The first-order chi connectivity index (χ1) is 21.4. The molecule has 2 aromatic carbocycles. The Hall–Kier alpha value is -5.93. The lowest BCUT2D eigenvalue weighted by Crippen LogP contribution is -2.30. The summed E-state index contributed by atoms with van der Waals surface area (Å²) >= 11 is 0. The van der Waals surface area contributed by atoms with Gasteiger partial charge in [0.15, 0.2) is 17.5 Å². The molecule has 0 aliphatic rings. The third-order valence-electron chi connectivity index (χ3n) is 6.43. The number of carboxylic acid groups (broad SMARTS) is 1. The van der Waals surface area contributed by atoms with E-state index in [9.17, 15) is 15.0 Å². The number of carbonyl (C=O) groups is 1. The normalized spacial score (nSPS) is 11.4. The van der Waals surface area contributed by atoms with Crippen molar-refractivity contribution in [1.29, 1.82) is 5.41 Å². The number of ether oxygens (including phenoxy) is 2. The fourth-order valence-corrected chi connectivity index (χ4v) is 4.18. The highest BCUT2D eigenvalue weighted by atomic mass is 19.1. The first kappa shape index (κ1) is 32.0. The van der Waals surface area contributed by atoms with E-state index >= 15 is 8.78 Å². The quantitative estimate of drug-likeness (QED) is 0.0608. The molecule has 0 spiro atoms. The van der Waals surface area contributed by atoms with Crippen LogP contribution in [0.3, 0.4) is 0 Å². The van der Waals surface area contributed by atoms with Gasteiger partial charge in [-0.15, -0.1) is 0 Å². The summed E-state index contributed by atoms with van der Waals surface area (Å²) in [6, 6.07) is 8.64. The molecule has 1 unspecified atom stereocenters. The van der Waals surface area contributed by atoms with Gasteiger partial charge in [-0.25, -0.2) is 9.78 Å². The van der Waals surface area contributed by atoms with Crippen LogP contribution in [0.25, 0.3) is 11.4 Å². The maximum Gasteiger partial charge on any atom is 0.326 e. The summed E-state index contributed by atoms with van der Waals surface area (Å²) in [5.41, 5.74) is 16.0. The van der Waals surface area contributed by atoms with E-state index < -0.39 is 46.8 Å². The predicted octanol–water partition coefficient (Wildman–Crippen LogP) is 3.64. The minimum absolute atomic E-state index is 0.0456. The maximum absolute atomic E-state index is 15.9. The van der Waals surface area contributed by atoms with Gasteiger partial charge in [-0.2, -0.15) is 13.8 Å². The second kappa shape index (κ2) is 14.0. The van der Waals surface area contributed by atoms with Gasteiger partial charge in [0, 0.05) is 37.1 Å². The first-order valence-corrected chi connectivity index (χ1v) is 13.5. The number of hydrogen-bond donors (Lipinski definition) is 7. The van der Waals surface area contributed by atoms with Crippen LogP contribution in [0.1, 0.15) is 24.8 Å². The minimum Gasteiger partial charge on any atom is -0.504 e. The number of hydrogen-bond acceptors (Lipinski definition) is 9. The summed E-state index contributed by atoms with van der Waals surface area (Å²) in [5, 5.41) is 30.1. The average Bonchev–Trinajstić information content (AvgIpc) is 3.43. The Kier molecular flexibility index (Phi) is 9.97. The van der Waals surface area contributed by atoms with E-state index in [0.29, 0.717) is 24.2 Å². The lowest BCUT2D eigenvalue weighted by Gasteiger charge is -2.19. The molecule has 0 aliphatic heterocycles. The average molecular weight is 624 g/mol. The zero-order valence-corrected chi connectivity index (χ0v) is 24.0. The second-order valence-electron chi connectivity index (χ2n) is 9.75. The molecular weight excluding hydrogens is 592 g/mol. The number of imidazole rings is 1. The van der Waals surface area contributed by atoms with Gasteiger partial charge >= 0.3 is 5.97 Å². The number of phenols is 1. The molecule has 1 atom stereocenters. The lowest BCUT2D eigenvalue weighted by atomic mass is 10.1. The van der Waals surface area contributed by atoms with E-state index in [1.54, 1.807) is 42.2 Å². The van der Waals surface area contributed by atoms with Crippen molar-refractivity contribution in [3.63, 3.8) is 0 Å². The number of nitrogens with one attached hydrogen (secondary N) is 2. The summed E-state index contributed by atoms with van der Waals surface area (Å²) in [6.45, 7) is 0.239. The van der Waals surface area contributed by atoms with Crippen LogP contribution in [0.2, 0.25) is 0 Å². The van der Waals surface area contributed by atoms with Gasteiger partial charge in [-0.1, -0.05) is 12.1 Å². The first-order valence-electron chi connectivity index (χ1n) is 13.5. The predicted molar refractivity (Wildman–Crippen MR) is 162 cm³/mol. The highest BCUT2D eigenvalue weighted by Gasteiger charge is 2.28. The standard InChI is InChI=1S/C29H31F2N9O5/c1-40-12-11-36-25(40)16-5-4-6-17(13-16)44-26-21(30)23(38-18(28(42)43)7-2-3-10-37-29(34)35)22(31)27(39-26)45-20-14-15(24(32)33)8-9-19(20)41/h4-6,8-9,11-14,18,41H,2-3,7,10H2,1H3,(H3,32,33)(H,38,39)(H,42,43)(H4,34,35,37). The number of nitrogens with two attached hydrogens (primary N) is 3. The number of aromatic nitrogens is 3. The van der Waals surface area contributed by atoms with Crippen LogP contribution >= 0.6 is 0 Å². The molecule has 4 rings (SSSR count). The number of aliphatic imine (C=N–C) groups is 1. The number of aliphatic carboxylic acids is 1. The number of rotatable bonds is 14. The summed E-state index contributed by atoms with van der Waals surface area (Å²) in [7, 11) is 1.79. The lowest BCUT2D eigenvalue weighted by molar-refractivity contribution is -0.138. The van der Waals surface area contributed by atoms with E-state index in [1.165, 1.54) is 12.1 Å². The van der Waals surface area contributed by atoms with Crippen LogP contribution in [-0.2, 0) is 11.8 Å². The fourth-order valence-electron chi connectivity index (χ4n) is 4.18. The number of benzene rings is 2. The molecule has 0 aliphatic carbocycles. The van der Waals surface area contributed by atoms with Crippen LogP contribution in [0.15, 0.2) is 59.9 Å². The molecule has 45 heavy (non-hydrogen) atoms. The highest BCUT2D eigenvalue weighted by molar-refractivity contribution is 5.95. The van der Waals surface area contributed by atoms with Crippen LogP contribution in [-0.4, -0.2) is 55.1 Å². The Morgan fingerprint density at radius 3 is 2.49 bits per heavy atom. The summed E-state index contributed by atoms with van der Waals surface area (Å²) in [5.74, 6) is -6.36. The number of phenolic OH excluding ortho intramolecular Hbond substituents is 1. The van der Waals surface area contributed by atoms with Crippen LogP contribution < -0.4 is 32.0 Å². The summed E-state index contributed by atoms with van der Waals surface area (Å²) in [4.78, 5) is 24.0. The van der Waals surface area contributed by atoms with Crippen molar-refractivity contribution >= 4 is 23.5 Å². The van der Waals surface area contributed by atoms with Crippen molar-refractivity contribution in [2.24, 2.45) is 29.2 Å². The number of anilines is 1. The highest BCUT2D eigenvalue weighted by Crippen LogP contribution is 2.39. The van der Waals surface area contributed by atoms with Crippen molar-refractivity contribution < 1.29 is 33.3 Å². The van der Waals surface area contributed by atoms with E-state index in [1.807, 2.05) is 0 Å². The largest absolute Gasteiger partial charge is 0.504 e. The third-order valence-corrected chi connectivity index (χ3v) is 6.43. The van der Waals surface area contributed by atoms with Crippen LogP contribution in [0.4, 0.5) is 14.5 Å². The Morgan fingerprint density at radius 1 is 1.11 bits per heavy atom. The van der Waals surface area contributed by atoms with Crippen molar-refractivity contribution in [3.05, 3.63) is 72.1 Å². The molecule has 16 heteroatoms. The number of guanidine groups is 1. The fraction of sp³-hybridized carbons (Fsp3) is 0.207. The van der Waals surface area contributed by atoms with Crippen LogP contribution in [0.5, 0.6) is 29.0 Å². The summed E-state index contributed by atoms with van der Waals surface area (Å²) in [6.07, 6.45) is 4.00. The summed E-state index contributed by atoms with van der Waals surface area (Å²) < 4.78 is 44.7. The van der Waals surface area contributed by atoms with Gasteiger partial charge in [0.05, 0.1) is 0 Å². The van der Waals surface area contributed by atoms with Crippen LogP contribution in [0, 0.1) is 17.0 Å². The molecule has 2 heterocycles. The molecule has 0 amide bonds. The van der Waals surface area contributed by atoms with Gasteiger partial charge in [-0.3, -0.25) is 10.4 Å². The number of carboxylic acids is 1. The van der Waals surface area contributed by atoms with Gasteiger partial charge in [0.2, 0.25) is 11.6 Å². The van der Waals surface area contributed by atoms with Gasteiger partial charge < -0.3 is 46.8 Å². The number of amidine groups is 1. The molecule has 0 radical (unpaired) electrons. The molecular formula is C29H31F2N9O5. The topological polar surface area (TPSA) is 233 Å². The molecule has 14 nitrogen and oxygen atoms in total. The van der Waals surface area contributed by atoms with Crippen molar-refractivity contribution in [2.75, 3.05) is 11.9 Å². The third kappa shape index (κ3) is 7.92. The van der Waals surface area contributed by atoms with Crippen molar-refractivity contribution in [3.8, 4) is 40.4 Å². The second-order valence-corrected chi connectivity index (χ2v) is 9.75. The van der Waals surface area contributed by atoms with E-state index in [0.717, 1.165) is 12.1 Å². The molecule has 2 aromatic heterocycles. The number of nitrogen functional groups attached to an aromatic ring is 1. The Labute approximate surface area is 255 Å². The van der Waals surface area contributed by atoms with Gasteiger partial charge in [0.1, 0.15) is 29.1 Å². The number of unbranched alkanes of at least 4 members (excludes halogenated alkanes) is 1. The number of nitrogens with zero attached hydrogens (tertiary/aromatic N) is 4. The molecule has 0 saturated carbocycles. The number of halogens is 2. The zero-order valence-electron chi connectivity index (χ0n) is 24.0. The smallest absolute Gasteiger partial charge is 0.326 e. The van der Waals surface area contributed by atoms with Gasteiger partial charge in [0.25, 0.3) is 11.8 Å². The number of aromatic hydroxyl groups is 1. The molecule has 4 aromatic rings.